The fourth-order valence-electron chi connectivity index (χ4n) is 11.4. The summed E-state index contributed by atoms with van der Waals surface area (Å²) in [6.45, 7) is 14.0. The highest BCUT2D eigenvalue weighted by Gasteiger charge is 2.55. The molecule has 7 fully saturated rings. The van der Waals surface area contributed by atoms with E-state index in [9.17, 15) is 123 Å². The van der Waals surface area contributed by atoms with Crippen molar-refractivity contribution in [1.29, 1.82) is 0 Å². The molecule has 35 nitrogen and oxygen atoms in total. The summed E-state index contributed by atoms with van der Waals surface area (Å²) in [6, 6.07) is 0. The van der Waals surface area contributed by atoms with Crippen molar-refractivity contribution in [3.8, 4) is 0 Å². The summed E-state index contributed by atoms with van der Waals surface area (Å²) in [5.41, 5.74) is -0.668. The van der Waals surface area contributed by atoms with Gasteiger partial charge < -0.3 is 175 Å². The number of aliphatic hydroxyl groups is 24. The van der Waals surface area contributed by atoms with Crippen molar-refractivity contribution in [3.63, 3.8) is 0 Å². The van der Waals surface area contributed by atoms with E-state index in [4.69, 9.17) is 52.1 Å². The van der Waals surface area contributed by atoms with Gasteiger partial charge in [-0.05, 0) is 35.5 Å². The first-order valence-corrected chi connectivity index (χ1v) is 30.3. The normalized spacial score (nSPS) is 47.8. The Bertz CT molecular complexity index is 2100. The van der Waals surface area contributed by atoms with Gasteiger partial charge in [0.05, 0.1) is 58.0 Å². The zero-order valence-corrected chi connectivity index (χ0v) is 52.3. The monoisotopic (exact) mass is 1340 g/mol. The number of aliphatic hydroxyl groups excluding tert-OH is 24. The van der Waals surface area contributed by atoms with E-state index in [1.165, 1.54) is 0 Å². The SMILES string of the molecule is CC(C)(C)CC1OC(CO)C(OC2OC(CO)C(OC3OC(CO)C(O)C(O)C3O)C(O)C2O)C(O)C1O.CC(C)(C)CC1OC(COC2OC(CO)C(O)C(O)C2O)C(O)C(O)C1O.CC(C)(C)CC1OC(COC2OC(O)C(O)C(O)C2O)C(O)C(O)C1O. The van der Waals surface area contributed by atoms with Gasteiger partial charge in [0, 0.05) is 0 Å². The maximum Gasteiger partial charge on any atom is 0.189 e. The van der Waals surface area contributed by atoms with E-state index in [2.05, 4.69) is 0 Å². The summed E-state index contributed by atoms with van der Waals surface area (Å²) in [6.07, 6.45) is -48.8. The maximum atomic E-state index is 10.8. The Morgan fingerprint density at radius 1 is 0.242 bits per heavy atom. The lowest BCUT2D eigenvalue weighted by Crippen LogP contribution is -2.66. The molecule has 0 amide bonds. The van der Waals surface area contributed by atoms with E-state index < -0.39 is 241 Å². The molecular formula is C56H104O35. The lowest BCUT2D eigenvalue weighted by molar-refractivity contribution is -0.373. The molecule has 7 heterocycles. The molecule has 0 saturated carbocycles. The topological polar surface area (TPSA) is 587 Å². The van der Waals surface area contributed by atoms with Crippen LogP contribution in [0.3, 0.4) is 0 Å². The zero-order valence-electron chi connectivity index (χ0n) is 52.3. The lowest BCUT2D eigenvalue weighted by Gasteiger charge is -2.48. The standard InChI is InChI=1S/C23H42O15.C17H32O10.C16H30O10/c1-23(2,3)4-8-12(27)15(30)19(10(6-25)34-8)37-22-18(33)16(31)20(11(7-26)36-22)38-21-17(32)14(29)13(28)9(5-24)35-21;1-17(2,3)4-7-10(19)13(22)12(21)9(26-7)6-25-16-15(24)14(23)11(20)8(5-18)27-16;1-16(2,3)4-6-8(17)10(19)9(18)7(25-6)5-24-15-13(22)11(20)12(21)14(23)26-15/h8-22,24-33H,4-7H2,1-3H3;7-16,18-24H,4-6H2,1-3H3;6-15,17-23H,4-5H2,1-3H3. The Labute approximate surface area is 525 Å². The van der Waals surface area contributed by atoms with Gasteiger partial charge in [-0.25, -0.2) is 0 Å². The molecule has 24 N–H and O–H groups in total. The second kappa shape index (κ2) is 33.9. The molecule has 0 aliphatic carbocycles. The van der Waals surface area contributed by atoms with Crippen molar-refractivity contribution in [3.05, 3.63) is 0 Å². The summed E-state index contributed by atoms with van der Waals surface area (Å²) in [5, 5.41) is 240. The van der Waals surface area contributed by atoms with Crippen LogP contribution in [0.5, 0.6) is 0 Å². The van der Waals surface area contributed by atoms with E-state index in [0.717, 1.165) is 0 Å². The van der Waals surface area contributed by atoms with Gasteiger partial charge in [-0.3, -0.25) is 0 Å². The first-order chi connectivity index (χ1) is 42.1. The van der Waals surface area contributed by atoms with Gasteiger partial charge in [-0.1, -0.05) is 62.3 Å². The first-order valence-electron chi connectivity index (χ1n) is 30.3. The van der Waals surface area contributed by atoms with Crippen molar-refractivity contribution in [2.75, 3.05) is 39.6 Å². The van der Waals surface area contributed by atoms with Gasteiger partial charge in [0.2, 0.25) is 0 Å². The van der Waals surface area contributed by atoms with Crippen molar-refractivity contribution in [2.24, 2.45) is 16.2 Å². The minimum absolute atomic E-state index is 0.198. The van der Waals surface area contributed by atoms with E-state index in [1.54, 1.807) is 0 Å². The average Bonchev–Trinajstić information content (AvgIpc) is 0.884. The van der Waals surface area contributed by atoms with Crippen LogP contribution in [0.1, 0.15) is 81.6 Å². The highest BCUT2D eigenvalue weighted by Crippen LogP contribution is 2.37. The smallest absolute Gasteiger partial charge is 0.189 e. The van der Waals surface area contributed by atoms with Crippen LogP contribution < -0.4 is 0 Å². The zero-order chi connectivity index (χ0) is 68.8. The molecule has 7 aliphatic heterocycles. The predicted octanol–water partition coefficient (Wildman–Crippen LogP) is -11.0. The Morgan fingerprint density at radius 3 is 0.846 bits per heavy atom. The molecule has 91 heavy (non-hydrogen) atoms. The van der Waals surface area contributed by atoms with Gasteiger partial charge in [0.25, 0.3) is 0 Å². The highest BCUT2D eigenvalue weighted by atomic mass is 16.8. The summed E-state index contributed by atoms with van der Waals surface area (Å²) in [4.78, 5) is 0. The molecular weight excluding hydrogens is 1230 g/mol. The summed E-state index contributed by atoms with van der Waals surface area (Å²) < 4.78 is 59.9. The third-order valence-corrected chi connectivity index (χ3v) is 16.5. The average molecular weight is 1340 g/mol. The molecule has 0 aromatic rings. The summed E-state index contributed by atoms with van der Waals surface area (Å²) in [5.74, 6) is 0. The number of ether oxygens (including phenoxy) is 11. The third-order valence-electron chi connectivity index (χ3n) is 16.5. The van der Waals surface area contributed by atoms with Crippen molar-refractivity contribution < 1.29 is 175 Å². The van der Waals surface area contributed by atoms with E-state index in [-0.39, 0.29) is 29.5 Å². The Morgan fingerprint density at radius 2 is 0.484 bits per heavy atom. The van der Waals surface area contributed by atoms with Crippen molar-refractivity contribution in [2.45, 2.75) is 296 Å². The molecule has 0 aromatic carbocycles. The fraction of sp³-hybridized carbons (Fsp3) is 1.00. The molecule has 0 spiro atoms. The van der Waals surface area contributed by atoms with Gasteiger partial charge in [0.15, 0.2) is 31.5 Å². The maximum absolute atomic E-state index is 10.8. The molecule has 0 aromatic heterocycles. The molecule has 0 bridgehead atoms. The second-order valence-corrected chi connectivity index (χ2v) is 27.9. The molecule has 35 heteroatoms. The molecule has 7 saturated heterocycles. The molecule has 7 aliphatic rings. The minimum atomic E-state index is -1.86. The van der Waals surface area contributed by atoms with Crippen LogP contribution in [0.4, 0.5) is 0 Å². The van der Waals surface area contributed by atoms with Crippen LogP contribution >= 0.6 is 0 Å². The Balaban J connectivity index is 0.000000255. The second-order valence-electron chi connectivity index (χ2n) is 27.9. The Kier molecular flexibility index (Phi) is 29.9. The molecule has 35 unspecified atom stereocenters. The van der Waals surface area contributed by atoms with Crippen LogP contribution in [0.15, 0.2) is 0 Å². The molecule has 0 radical (unpaired) electrons. The van der Waals surface area contributed by atoms with Crippen LogP contribution in [0.25, 0.3) is 0 Å². The first kappa shape index (κ1) is 80.3. The fourth-order valence-corrected chi connectivity index (χ4v) is 11.4. The predicted molar refractivity (Wildman–Crippen MR) is 299 cm³/mol. The van der Waals surface area contributed by atoms with Crippen molar-refractivity contribution >= 4 is 0 Å². The van der Waals surface area contributed by atoms with E-state index in [0.29, 0.717) is 19.3 Å². The third kappa shape index (κ3) is 20.6. The van der Waals surface area contributed by atoms with Gasteiger partial charge >= 0.3 is 0 Å². The van der Waals surface area contributed by atoms with E-state index >= 15 is 0 Å². The Hall–Kier alpha value is -1.40. The number of hydrogen-bond donors (Lipinski definition) is 24. The van der Waals surface area contributed by atoms with Crippen LogP contribution in [0.2, 0.25) is 0 Å². The lowest BCUT2D eigenvalue weighted by atomic mass is 9.83. The molecule has 7 rings (SSSR count). The quantitative estimate of drug-likeness (QED) is 0.0643. The summed E-state index contributed by atoms with van der Waals surface area (Å²) in [7, 11) is 0. The largest absolute Gasteiger partial charge is 0.394 e. The van der Waals surface area contributed by atoms with Crippen LogP contribution in [-0.4, -0.2) is 377 Å². The van der Waals surface area contributed by atoms with Gasteiger partial charge in [-0.15, -0.1) is 0 Å². The number of hydrogen-bond acceptors (Lipinski definition) is 35. The minimum Gasteiger partial charge on any atom is -0.394 e. The summed E-state index contributed by atoms with van der Waals surface area (Å²) >= 11 is 0. The molecule has 538 valence electrons. The van der Waals surface area contributed by atoms with Gasteiger partial charge in [-0.2, -0.15) is 0 Å². The van der Waals surface area contributed by atoms with Gasteiger partial charge in [0.1, 0.15) is 165 Å². The highest BCUT2D eigenvalue weighted by molar-refractivity contribution is 5.00. The van der Waals surface area contributed by atoms with Crippen LogP contribution in [-0.2, 0) is 52.1 Å². The van der Waals surface area contributed by atoms with Crippen molar-refractivity contribution in [1.82, 2.24) is 0 Å². The van der Waals surface area contributed by atoms with E-state index in [1.807, 2.05) is 62.3 Å². The molecule has 35 atom stereocenters. The number of rotatable bonds is 17. The van der Waals surface area contributed by atoms with Crippen LogP contribution in [0, 0.1) is 16.2 Å².